The number of amides is 1. The van der Waals surface area contributed by atoms with E-state index in [1.54, 1.807) is 13.1 Å². The second-order valence-electron chi connectivity index (χ2n) is 6.78. The minimum absolute atomic E-state index is 0.290. The van der Waals surface area contributed by atoms with Crippen LogP contribution in [0.15, 0.2) is 59.7 Å². The van der Waals surface area contributed by atoms with Gasteiger partial charge in [0.2, 0.25) is 0 Å². The summed E-state index contributed by atoms with van der Waals surface area (Å²) in [6.45, 7) is 7.86. The molecular formula is C23H24N2O2. The fourth-order valence-electron chi connectivity index (χ4n) is 3.19. The van der Waals surface area contributed by atoms with Crippen molar-refractivity contribution in [3.63, 3.8) is 0 Å². The Morgan fingerprint density at radius 1 is 1.04 bits per heavy atom. The molecule has 4 nitrogen and oxygen atoms in total. The number of aryl methyl sites for hydroxylation is 3. The lowest BCUT2D eigenvalue weighted by molar-refractivity contribution is -0.127. The van der Waals surface area contributed by atoms with Gasteiger partial charge in [-0.15, -0.1) is 0 Å². The lowest BCUT2D eigenvalue weighted by atomic mass is 10.0. The second-order valence-corrected chi connectivity index (χ2v) is 6.78. The molecule has 3 aromatic rings. The van der Waals surface area contributed by atoms with Crippen LogP contribution in [0, 0.1) is 20.8 Å². The maximum Gasteiger partial charge on any atom is 0.280 e. The van der Waals surface area contributed by atoms with Gasteiger partial charge in [0.05, 0.1) is 6.21 Å². The topological polar surface area (TPSA) is 50.7 Å². The number of hydrogen-bond donors (Lipinski definition) is 1. The first-order valence-corrected chi connectivity index (χ1v) is 9.01. The monoisotopic (exact) mass is 360 g/mol. The molecule has 138 valence electrons. The van der Waals surface area contributed by atoms with Gasteiger partial charge in [0, 0.05) is 10.9 Å². The van der Waals surface area contributed by atoms with Crippen LogP contribution < -0.4 is 10.2 Å². The first-order chi connectivity index (χ1) is 13.0. The molecule has 4 heteroatoms. The fourth-order valence-corrected chi connectivity index (χ4v) is 3.19. The van der Waals surface area contributed by atoms with Crippen LogP contribution in [0.3, 0.4) is 0 Å². The summed E-state index contributed by atoms with van der Waals surface area (Å²) < 4.78 is 5.87. The van der Waals surface area contributed by atoms with E-state index < -0.39 is 6.10 Å². The minimum atomic E-state index is -0.659. The molecular weight excluding hydrogens is 336 g/mol. The van der Waals surface area contributed by atoms with E-state index in [1.807, 2.05) is 56.3 Å². The van der Waals surface area contributed by atoms with Crippen molar-refractivity contribution in [2.75, 3.05) is 0 Å². The van der Waals surface area contributed by atoms with Crippen molar-refractivity contribution in [1.29, 1.82) is 0 Å². The Morgan fingerprint density at radius 2 is 1.70 bits per heavy atom. The van der Waals surface area contributed by atoms with E-state index in [0.29, 0.717) is 5.75 Å². The van der Waals surface area contributed by atoms with Crippen LogP contribution in [-0.2, 0) is 4.79 Å². The fraction of sp³-hybridized carbons (Fsp3) is 0.217. The lowest BCUT2D eigenvalue weighted by Gasteiger charge is -2.15. The molecule has 0 radical (unpaired) electrons. The SMILES string of the molecule is Cc1cc(C)c(/C=N\NC(=O)[C@@H](C)Oc2cccc3ccccc23)c(C)c1. The van der Waals surface area contributed by atoms with Crippen LogP contribution in [0.5, 0.6) is 5.75 Å². The lowest BCUT2D eigenvalue weighted by Crippen LogP contribution is -2.33. The number of fused-ring (bicyclic) bond motifs is 1. The third kappa shape index (κ3) is 4.34. The summed E-state index contributed by atoms with van der Waals surface area (Å²) in [6, 6.07) is 17.9. The van der Waals surface area contributed by atoms with Crippen molar-refractivity contribution in [1.82, 2.24) is 5.43 Å². The zero-order chi connectivity index (χ0) is 19.4. The zero-order valence-corrected chi connectivity index (χ0v) is 16.1. The zero-order valence-electron chi connectivity index (χ0n) is 16.1. The van der Waals surface area contributed by atoms with Crippen molar-refractivity contribution in [2.24, 2.45) is 5.10 Å². The van der Waals surface area contributed by atoms with E-state index >= 15 is 0 Å². The van der Waals surface area contributed by atoms with Crippen molar-refractivity contribution < 1.29 is 9.53 Å². The molecule has 0 aromatic heterocycles. The predicted octanol–water partition coefficient (Wildman–Crippen LogP) is 4.68. The molecule has 1 amide bonds. The summed E-state index contributed by atoms with van der Waals surface area (Å²) in [5.74, 6) is 0.395. The van der Waals surface area contributed by atoms with Crippen molar-refractivity contribution >= 4 is 22.9 Å². The van der Waals surface area contributed by atoms with Crippen LogP contribution in [0.25, 0.3) is 10.8 Å². The summed E-state index contributed by atoms with van der Waals surface area (Å²) in [6.07, 6.45) is 1.03. The summed E-state index contributed by atoms with van der Waals surface area (Å²) >= 11 is 0. The predicted molar refractivity (Wildman–Crippen MR) is 110 cm³/mol. The van der Waals surface area contributed by atoms with E-state index in [4.69, 9.17) is 4.74 Å². The number of nitrogens with one attached hydrogen (secondary N) is 1. The molecule has 0 bridgehead atoms. The molecule has 3 rings (SSSR count). The van der Waals surface area contributed by atoms with Crippen LogP contribution in [0.2, 0.25) is 0 Å². The van der Waals surface area contributed by atoms with Gasteiger partial charge in [-0.2, -0.15) is 5.10 Å². The Balaban J connectivity index is 1.68. The summed E-state index contributed by atoms with van der Waals surface area (Å²) in [5, 5.41) is 6.17. The third-order valence-electron chi connectivity index (χ3n) is 4.53. The van der Waals surface area contributed by atoms with Gasteiger partial charge in [0.1, 0.15) is 5.75 Å². The Morgan fingerprint density at radius 3 is 2.44 bits per heavy atom. The first kappa shape index (κ1) is 18.6. The molecule has 0 aliphatic rings. The second kappa shape index (κ2) is 8.04. The van der Waals surface area contributed by atoms with Crippen molar-refractivity contribution in [3.05, 3.63) is 76.9 Å². The Kier molecular flexibility index (Phi) is 5.55. The van der Waals surface area contributed by atoms with Crippen LogP contribution >= 0.6 is 0 Å². The molecule has 0 aliphatic carbocycles. The molecule has 1 atom stereocenters. The highest BCUT2D eigenvalue weighted by Gasteiger charge is 2.15. The average Bonchev–Trinajstić information content (AvgIpc) is 2.64. The average molecular weight is 360 g/mol. The normalized spacial score (nSPS) is 12.3. The van der Waals surface area contributed by atoms with Gasteiger partial charge in [0.25, 0.3) is 5.91 Å². The summed E-state index contributed by atoms with van der Waals surface area (Å²) in [5.41, 5.74) is 7.06. The molecule has 0 saturated heterocycles. The van der Waals surface area contributed by atoms with Crippen LogP contribution in [0.1, 0.15) is 29.2 Å². The molecule has 0 saturated carbocycles. The summed E-state index contributed by atoms with van der Waals surface area (Å²) in [4.78, 5) is 12.3. The van der Waals surface area contributed by atoms with Gasteiger partial charge in [0.15, 0.2) is 6.10 Å². The number of hydrogen-bond acceptors (Lipinski definition) is 3. The molecule has 3 aromatic carbocycles. The van der Waals surface area contributed by atoms with Crippen LogP contribution in [-0.4, -0.2) is 18.2 Å². The quantitative estimate of drug-likeness (QED) is 0.530. The third-order valence-corrected chi connectivity index (χ3v) is 4.53. The molecule has 0 aliphatic heterocycles. The molecule has 0 heterocycles. The highest BCUT2D eigenvalue weighted by molar-refractivity contribution is 5.89. The standard InChI is InChI=1S/C23H24N2O2/c1-15-12-16(2)21(17(3)13-15)14-24-25-23(26)18(4)27-22-11-7-9-19-8-5-6-10-20(19)22/h5-14,18H,1-4H3,(H,25,26)/b24-14-/t18-/m1/s1. The molecule has 1 N–H and O–H groups in total. The number of carbonyl (C=O) groups is 1. The van der Waals surface area contributed by atoms with Gasteiger partial charge in [-0.05, 0) is 50.3 Å². The first-order valence-electron chi connectivity index (χ1n) is 9.01. The highest BCUT2D eigenvalue weighted by Crippen LogP contribution is 2.26. The molecule has 27 heavy (non-hydrogen) atoms. The number of hydrazone groups is 1. The maximum absolute atomic E-state index is 12.3. The van der Waals surface area contributed by atoms with Gasteiger partial charge in [-0.3, -0.25) is 4.79 Å². The van der Waals surface area contributed by atoms with Gasteiger partial charge >= 0.3 is 0 Å². The van der Waals surface area contributed by atoms with Crippen LogP contribution in [0.4, 0.5) is 0 Å². The Labute approximate surface area is 159 Å². The number of ether oxygens (including phenoxy) is 1. The molecule has 0 unspecified atom stereocenters. The number of nitrogens with zero attached hydrogens (tertiary/aromatic N) is 1. The van der Waals surface area contributed by atoms with E-state index in [-0.39, 0.29) is 5.91 Å². The molecule has 0 fully saturated rings. The number of benzene rings is 3. The van der Waals surface area contributed by atoms with Gasteiger partial charge < -0.3 is 4.74 Å². The number of carbonyl (C=O) groups excluding carboxylic acids is 1. The van der Waals surface area contributed by atoms with Crippen molar-refractivity contribution in [2.45, 2.75) is 33.8 Å². The largest absolute Gasteiger partial charge is 0.480 e. The van der Waals surface area contributed by atoms with E-state index in [1.165, 1.54) is 5.56 Å². The van der Waals surface area contributed by atoms with Crippen molar-refractivity contribution in [3.8, 4) is 5.75 Å². The highest BCUT2D eigenvalue weighted by atomic mass is 16.5. The smallest absolute Gasteiger partial charge is 0.280 e. The van der Waals surface area contributed by atoms with E-state index in [0.717, 1.165) is 27.5 Å². The Bertz CT molecular complexity index is 980. The summed E-state index contributed by atoms with van der Waals surface area (Å²) in [7, 11) is 0. The van der Waals surface area contributed by atoms with E-state index in [9.17, 15) is 4.79 Å². The minimum Gasteiger partial charge on any atom is -0.480 e. The number of rotatable bonds is 5. The van der Waals surface area contributed by atoms with Gasteiger partial charge in [-0.25, -0.2) is 5.43 Å². The molecule has 0 spiro atoms. The maximum atomic E-state index is 12.3. The van der Waals surface area contributed by atoms with Gasteiger partial charge in [-0.1, -0.05) is 54.1 Å². The Hall–Kier alpha value is -3.14. The van der Waals surface area contributed by atoms with E-state index in [2.05, 4.69) is 29.6 Å².